The highest BCUT2D eigenvalue weighted by molar-refractivity contribution is 5.62. The average molecular weight is 171 g/mol. The van der Waals surface area contributed by atoms with Gasteiger partial charge in [0.1, 0.15) is 5.60 Å². The molecule has 0 aromatic heterocycles. The van der Waals surface area contributed by atoms with Gasteiger partial charge in [-0.25, -0.2) is 0 Å². The van der Waals surface area contributed by atoms with Crippen LogP contribution in [0.2, 0.25) is 0 Å². The third kappa shape index (κ3) is 2.29. The van der Waals surface area contributed by atoms with Gasteiger partial charge in [-0.3, -0.25) is 0 Å². The number of rotatable bonds is 4. The molecule has 0 aliphatic carbocycles. The number of ether oxygens (including phenoxy) is 1. The Morgan fingerprint density at radius 2 is 2.17 bits per heavy atom. The van der Waals surface area contributed by atoms with Crippen molar-refractivity contribution in [2.75, 3.05) is 19.7 Å². The zero-order valence-electron chi connectivity index (χ0n) is 7.64. The van der Waals surface area contributed by atoms with Gasteiger partial charge in [-0.1, -0.05) is 6.92 Å². The summed E-state index contributed by atoms with van der Waals surface area (Å²) in [7, 11) is 0. The van der Waals surface area contributed by atoms with Crippen molar-refractivity contribution in [3.8, 4) is 0 Å². The Morgan fingerprint density at radius 3 is 2.67 bits per heavy atom. The molecule has 1 aliphatic heterocycles. The highest BCUT2D eigenvalue weighted by Gasteiger charge is 2.31. The number of nitrogens with one attached hydrogen (secondary N) is 1. The van der Waals surface area contributed by atoms with Crippen molar-refractivity contribution in [2.45, 2.75) is 31.8 Å². The van der Waals surface area contributed by atoms with Crippen molar-refractivity contribution in [3.63, 3.8) is 0 Å². The summed E-state index contributed by atoms with van der Waals surface area (Å²) >= 11 is 0. The zero-order chi connectivity index (χ0) is 8.86. The quantitative estimate of drug-likeness (QED) is 0.634. The summed E-state index contributed by atoms with van der Waals surface area (Å²) in [5, 5.41) is 3.21. The first-order chi connectivity index (χ1) is 5.83. The van der Waals surface area contributed by atoms with Crippen LogP contribution < -0.4 is 5.32 Å². The molecule has 0 atom stereocenters. The van der Waals surface area contributed by atoms with Crippen LogP contribution in [-0.4, -0.2) is 31.6 Å². The summed E-state index contributed by atoms with van der Waals surface area (Å²) in [6.45, 7) is 4.53. The van der Waals surface area contributed by atoms with E-state index in [1.54, 1.807) is 0 Å². The first-order valence-electron chi connectivity index (χ1n) is 4.64. The standard InChI is InChI=1S/C9H17NO2/c1-2-7-12-9(8-11)3-5-10-6-4-9/h8,10H,2-7H2,1H3. The third-order valence-electron chi connectivity index (χ3n) is 2.26. The highest BCUT2D eigenvalue weighted by Crippen LogP contribution is 2.20. The largest absolute Gasteiger partial charge is 0.367 e. The van der Waals surface area contributed by atoms with E-state index in [-0.39, 0.29) is 0 Å². The fraction of sp³-hybridized carbons (Fsp3) is 0.889. The molecule has 1 aliphatic rings. The molecule has 0 amide bonds. The number of aldehydes is 1. The van der Waals surface area contributed by atoms with Gasteiger partial charge < -0.3 is 14.8 Å². The second-order valence-electron chi connectivity index (χ2n) is 3.28. The summed E-state index contributed by atoms with van der Waals surface area (Å²) < 4.78 is 5.56. The van der Waals surface area contributed by atoms with E-state index in [0.717, 1.165) is 38.6 Å². The molecular weight excluding hydrogens is 154 g/mol. The molecule has 0 radical (unpaired) electrons. The Hall–Kier alpha value is -0.410. The predicted octanol–water partition coefficient (Wildman–Crippen LogP) is 0.734. The molecule has 3 nitrogen and oxygen atoms in total. The van der Waals surface area contributed by atoms with Gasteiger partial charge in [0.05, 0.1) is 0 Å². The molecule has 1 heterocycles. The van der Waals surface area contributed by atoms with Crippen LogP contribution in [0.4, 0.5) is 0 Å². The monoisotopic (exact) mass is 171 g/mol. The van der Waals surface area contributed by atoms with Crippen LogP contribution in [-0.2, 0) is 9.53 Å². The highest BCUT2D eigenvalue weighted by atomic mass is 16.5. The molecule has 1 saturated heterocycles. The van der Waals surface area contributed by atoms with Gasteiger partial charge in [-0.05, 0) is 32.4 Å². The lowest BCUT2D eigenvalue weighted by Gasteiger charge is -2.32. The van der Waals surface area contributed by atoms with E-state index >= 15 is 0 Å². The minimum absolute atomic E-state index is 0.471. The number of hydrogen-bond donors (Lipinski definition) is 1. The lowest BCUT2D eigenvalue weighted by atomic mass is 9.94. The van der Waals surface area contributed by atoms with Crippen molar-refractivity contribution >= 4 is 6.29 Å². The van der Waals surface area contributed by atoms with Gasteiger partial charge in [0.25, 0.3) is 0 Å². The van der Waals surface area contributed by atoms with E-state index in [9.17, 15) is 4.79 Å². The molecule has 0 aromatic rings. The topological polar surface area (TPSA) is 38.3 Å². The second kappa shape index (κ2) is 4.58. The Balaban J connectivity index is 2.42. The fourth-order valence-electron chi connectivity index (χ4n) is 1.45. The van der Waals surface area contributed by atoms with Crippen molar-refractivity contribution in [1.29, 1.82) is 0 Å². The van der Waals surface area contributed by atoms with Gasteiger partial charge >= 0.3 is 0 Å². The Morgan fingerprint density at radius 1 is 1.50 bits per heavy atom. The summed E-state index contributed by atoms with van der Waals surface area (Å²) in [6.07, 6.45) is 3.58. The maximum atomic E-state index is 10.8. The minimum Gasteiger partial charge on any atom is -0.367 e. The lowest BCUT2D eigenvalue weighted by molar-refractivity contribution is -0.135. The van der Waals surface area contributed by atoms with Crippen molar-refractivity contribution in [1.82, 2.24) is 5.32 Å². The normalized spacial score (nSPS) is 22.1. The number of carbonyl (C=O) groups is 1. The molecule has 70 valence electrons. The minimum atomic E-state index is -0.471. The molecule has 0 aromatic carbocycles. The van der Waals surface area contributed by atoms with Gasteiger partial charge in [-0.2, -0.15) is 0 Å². The molecular formula is C9H17NO2. The molecule has 12 heavy (non-hydrogen) atoms. The maximum Gasteiger partial charge on any atom is 0.151 e. The van der Waals surface area contributed by atoms with E-state index in [4.69, 9.17) is 4.74 Å². The Bertz CT molecular complexity index is 141. The van der Waals surface area contributed by atoms with E-state index in [0.29, 0.717) is 6.61 Å². The average Bonchev–Trinajstić information content (AvgIpc) is 2.16. The zero-order valence-corrected chi connectivity index (χ0v) is 7.64. The van der Waals surface area contributed by atoms with Crippen LogP contribution in [0.25, 0.3) is 0 Å². The van der Waals surface area contributed by atoms with Crippen LogP contribution in [0.1, 0.15) is 26.2 Å². The second-order valence-corrected chi connectivity index (χ2v) is 3.28. The van der Waals surface area contributed by atoms with Crippen LogP contribution in [0.3, 0.4) is 0 Å². The van der Waals surface area contributed by atoms with Gasteiger partial charge in [0, 0.05) is 6.61 Å². The molecule has 0 unspecified atom stereocenters. The van der Waals surface area contributed by atoms with E-state index in [2.05, 4.69) is 12.2 Å². The number of carbonyl (C=O) groups excluding carboxylic acids is 1. The van der Waals surface area contributed by atoms with E-state index in [1.165, 1.54) is 0 Å². The third-order valence-corrected chi connectivity index (χ3v) is 2.26. The summed E-state index contributed by atoms with van der Waals surface area (Å²) in [4.78, 5) is 10.8. The predicted molar refractivity (Wildman–Crippen MR) is 47.1 cm³/mol. The summed E-state index contributed by atoms with van der Waals surface area (Å²) in [5.41, 5.74) is -0.471. The first kappa shape index (κ1) is 9.68. The number of piperidine rings is 1. The molecule has 1 rings (SSSR count). The molecule has 3 heteroatoms. The van der Waals surface area contributed by atoms with Crippen molar-refractivity contribution in [3.05, 3.63) is 0 Å². The molecule has 0 bridgehead atoms. The van der Waals surface area contributed by atoms with E-state index in [1.807, 2.05) is 0 Å². The lowest BCUT2D eigenvalue weighted by Crippen LogP contribution is -2.45. The van der Waals surface area contributed by atoms with Crippen LogP contribution in [0, 0.1) is 0 Å². The van der Waals surface area contributed by atoms with E-state index < -0.39 is 5.60 Å². The fourth-order valence-corrected chi connectivity index (χ4v) is 1.45. The smallest absolute Gasteiger partial charge is 0.151 e. The van der Waals surface area contributed by atoms with Crippen molar-refractivity contribution in [2.24, 2.45) is 0 Å². The summed E-state index contributed by atoms with van der Waals surface area (Å²) in [6, 6.07) is 0. The van der Waals surface area contributed by atoms with Gasteiger partial charge in [0.2, 0.25) is 0 Å². The maximum absolute atomic E-state index is 10.8. The van der Waals surface area contributed by atoms with Crippen LogP contribution in [0.15, 0.2) is 0 Å². The number of hydrogen-bond acceptors (Lipinski definition) is 3. The molecule has 1 fully saturated rings. The van der Waals surface area contributed by atoms with Crippen LogP contribution in [0.5, 0.6) is 0 Å². The SMILES string of the molecule is CCCOC1(C=O)CCNCC1. The first-order valence-corrected chi connectivity index (χ1v) is 4.64. The van der Waals surface area contributed by atoms with Gasteiger partial charge in [0.15, 0.2) is 6.29 Å². The molecule has 0 spiro atoms. The Kier molecular flexibility index (Phi) is 3.69. The van der Waals surface area contributed by atoms with Gasteiger partial charge in [-0.15, -0.1) is 0 Å². The molecule has 1 N–H and O–H groups in total. The van der Waals surface area contributed by atoms with Crippen molar-refractivity contribution < 1.29 is 9.53 Å². The molecule has 0 saturated carbocycles. The summed E-state index contributed by atoms with van der Waals surface area (Å²) in [5.74, 6) is 0. The van der Waals surface area contributed by atoms with Crippen LogP contribution >= 0.6 is 0 Å². The Labute approximate surface area is 73.5 Å².